The first-order valence-corrected chi connectivity index (χ1v) is 20.7. The van der Waals surface area contributed by atoms with Crippen LogP contribution >= 0.6 is 11.3 Å². The molecule has 3 heteroatoms. The van der Waals surface area contributed by atoms with Gasteiger partial charge < -0.3 is 9.47 Å². The van der Waals surface area contributed by atoms with Crippen LogP contribution < -0.4 is 4.90 Å². The highest BCUT2D eigenvalue weighted by atomic mass is 32.1. The molecular formula is C55H38N2S. The summed E-state index contributed by atoms with van der Waals surface area (Å²) in [6, 6.07) is 77.4. The fourth-order valence-corrected chi connectivity index (χ4v) is 10.1. The van der Waals surface area contributed by atoms with E-state index in [-0.39, 0.29) is 0 Å². The van der Waals surface area contributed by atoms with Gasteiger partial charge in [-0.15, -0.1) is 11.3 Å². The Hall–Kier alpha value is -7.20. The molecule has 0 aliphatic carbocycles. The third-order valence-corrected chi connectivity index (χ3v) is 12.7. The molecule has 2 aromatic heterocycles. The van der Waals surface area contributed by atoms with Crippen LogP contribution in [0.3, 0.4) is 0 Å². The summed E-state index contributed by atoms with van der Waals surface area (Å²) >= 11 is 1.88. The van der Waals surface area contributed by atoms with Gasteiger partial charge in [0.1, 0.15) is 0 Å². The van der Waals surface area contributed by atoms with Gasteiger partial charge in [0.2, 0.25) is 0 Å². The first-order valence-electron chi connectivity index (χ1n) is 19.8. The van der Waals surface area contributed by atoms with Crippen LogP contribution in [-0.2, 0) is 0 Å². The van der Waals surface area contributed by atoms with Gasteiger partial charge in [0, 0.05) is 59.3 Å². The average molecular weight is 759 g/mol. The van der Waals surface area contributed by atoms with E-state index in [0.717, 1.165) is 22.7 Å². The molecule has 9 aromatic carbocycles. The van der Waals surface area contributed by atoms with Gasteiger partial charge in [0.25, 0.3) is 0 Å². The Kier molecular flexibility index (Phi) is 8.27. The molecule has 0 aliphatic heterocycles. The summed E-state index contributed by atoms with van der Waals surface area (Å²) in [6.45, 7) is 2.25. The SMILES string of the molecule is Cc1cc(N(c2ccccc2)c2cc(-c3ccc(-n4c5ccccc5c5ccccc54)cc3)c3sc4ccccc4c3c2)cc(-c2ccccc2)c1-c1ccccc1. The minimum atomic E-state index is 1.11. The molecule has 0 aliphatic rings. The Morgan fingerprint density at radius 3 is 1.59 bits per heavy atom. The zero-order valence-electron chi connectivity index (χ0n) is 32.0. The minimum absolute atomic E-state index is 1.11. The van der Waals surface area contributed by atoms with E-state index in [1.165, 1.54) is 80.9 Å². The van der Waals surface area contributed by atoms with Gasteiger partial charge in [-0.1, -0.05) is 146 Å². The summed E-state index contributed by atoms with van der Waals surface area (Å²) in [5.74, 6) is 0. The fourth-order valence-electron chi connectivity index (χ4n) is 8.90. The van der Waals surface area contributed by atoms with Gasteiger partial charge in [-0.3, -0.25) is 0 Å². The van der Waals surface area contributed by atoms with Crippen molar-refractivity contribution in [3.8, 4) is 39.1 Å². The average Bonchev–Trinajstić information content (AvgIpc) is 3.83. The molecule has 2 nitrogen and oxygen atoms in total. The molecule has 11 rings (SSSR count). The van der Waals surface area contributed by atoms with Crippen LogP contribution in [0.15, 0.2) is 212 Å². The van der Waals surface area contributed by atoms with Gasteiger partial charge in [-0.25, -0.2) is 0 Å². The van der Waals surface area contributed by atoms with Crippen LogP contribution in [0.2, 0.25) is 0 Å². The first-order chi connectivity index (χ1) is 28.7. The van der Waals surface area contributed by atoms with E-state index >= 15 is 0 Å². The molecule has 0 spiro atoms. The highest BCUT2D eigenvalue weighted by Gasteiger charge is 2.22. The zero-order valence-corrected chi connectivity index (χ0v) is 32.8. The Labute approximate surface area is 342 Å². The number of aryl methyl sites for hydroxylation is 1. The second kappa shape index (κ2) is 14.1. The van der Waals surface area contributed by atoms with E-state index in [4.69, 9.17) is 0 Å². The Morgan fingerprint density at radius 2 is 0.914 bits per heavy atom. The Morgan fingerprint density at radius 1 is 0.397 bits per heavy atom. The molecule has 11 aromatic rings. The number of para-hydroxylation sites is 3. The fraction of sp³-hybridized carbons (Fsp3) is 0.0182. The molecule has 0 saturated carbocycles. The summed E-state index contributed by atoms with van der Waals surface area (Å²) < 4.78 is 4.98. The van der Waals surface area contributed by atoms with Crippen molar-refractivity contribution in [2.24, 2.45) is 0 Å². The lowest BCUT2D eigenvalue weighted by Gasteiger charge is -2.28. The van der Waals surface area contributed by atoms with Crippen LogP contribution in [0.25, 0.3) is 81.0 Å². The van der Waals surface area contributed by atoms with Gasteiger partial charge in [-0.2, -0.15) is 0 Å². The van der Waals surface area contributed by atoms with Crippen LogP contribution in [0.1, 0.15) is 5.56 Å². The Bertz CT molecular complexity index is 3220. The van der Waals surface area contributed by atoms with E-state index < -0.39 is 0 Å². The van der Waals surface area contributed by atoms with Gasteiger partial charge in [0.05, 0.1) is 11.0 Å². The van der Waals surface area contributed by atoms with Crippen molar-refractivity contribution >= 4 is 70.4 Å². The summed E-state index contributed by atoms with van der Waals surface area (Å²) in [5.41, 5.74) is 15.5. The number of thiophene rings is 1. The standard InChI is InChI=1S/C55H38N2S/c1-37-33-43(34-48(38-17-5-2-6-18-38)54(37)40-19-7-3-8-20-40)56(41-21-9-4-10-22-41)44-35-49(55-50(36-44)47-25-13-16-28-53(47)58-55)39-29-31-42(32-30-39)57-51-26-14-11-23-45(51)46-24-12-15-27-52(46)57/h2-36H,1H3. The summed E-state index contributed by atoms with van der Waals surface area (Å²) in [5, 5.41) is 5.08. The van der Waals surface area contributed by atoms with Crippen LogP contribution in [0, 0.1) is 6.92 Å². The van der Waals surface area contributed by atoms with E-state index in [0.29, 0.717) is 0 Å². The van der Waals surface area contributed by atoms with E-state index in [2.05, 4.69) is 229 Å². The van der Waals surface area contributed by atoms with Crippen molar-refractivity contribution in [3.63, 3.8) is 0 Å². The highest BCUT2D eigenvalue weighted by Crippen LogP contribution is 2.47. The molecular weight excluding hydrogens is 721 g/mol. The van der Waals surface area contributed by atoms with Crippen molar-refractivity contribution in [1.82, 2.24) is 4.57 Å². The normalized spacial score (nSPS) is 11.5. The largest absolute Gasteiger partial charge is 0.310 e. The molecule has 2 heterocycles. The van der Waals surface area contributed by atoms with E-state index in [1.54, 1.807) is 0 Å². The van der Waals surface area contributed by atoms with E-state index in [1.807, 2.05) is 11.3 Å². The molecule has 0 saturated heterocycles. The number of hydrogen-bond acceptors (Lipinski definition) is 2. The second-order valence-corrected chi connectivity index (χ2v) is 16.0. The first kappa shape index (κ1) is 34.1. The number of aromatic nitrogens is 1. The maximum Gasteiger partial charge on any atom is 0.0541 e. The lowest BCUT2D eigenvalue weighted by atomic mass is 9.90. The van der Waals surface area contributed by atoms with Crippen LogP contribution in [0.4, 0.5) is 17.1 Å². The maximum atomic E-state index is 2.44. The number of fused-ring (bicyclic) bond motifs is 6. The minimum Gasteiger partial charge on any atom is -0.310 e. The van der Waals surface area contributed by atoms with Crippen molar-refractivity contribution in [2.45, 2.75) is 6.92 Å². The summed E-state index contributed by atoms with van der Waals surface area (Å²) in [6.07, 6.45) is 0. The summed E-state index contributed by atoms with van der Waals surface area (Å²) in [7, 11) is 0. The van der Waals surface area contributed by atoms with Crippen molar-refractivity contribution in [3.05, 3.63) is 218 Å². The number of hydrogen-bond donors (Lipinski definition) is 0. The predicted molar refractivity (Wildman–Crippen MR) is 249 cm³/mol. The lowest BCUT2D eigenvalue weighted by Crippen LogP contribution is -2.11. The van der Waals surface area contributed by atoms with Gasteiger partial charge in [0.15, 0.2) is 0 Å². The number of anilines is 3. The molecule has 0 atom stereocenters. The molecule has 0 amide bonds. The molecule has 0 bridgehead atoms. The quantitative estimate of drug-likeness (QED) is 0.157. The van der Waals surface area contributed by atoms with Crippen LogP contribution in [-0.4, -0.2) is 4.57 Å². The van der Waals surface area contributed by atoms with Crippen molar-refractivity contribution < 1.29 is 0 Å². The Balaban J connectivity index is 1.13. The summed E-state index contributed by atoms with van der Waals surface area (Å²) in [4.78, 5) is 2.44. The maximum absolute atomic E-state index is 2.44. The predicted octanol–water partition coefficient (Wildman–Crippen LogP) is 15.9. The molecule has 0 N–H and O–H groups in total. The van der Waals surface area contributed by atoms with Crippen molar-refractivity contribution in [2.75, 3.05) is 4.90 Å². The number of benzene rings is 9. The second-order valence-electron chi connectivity index (χ2n) is 15.0. The molecule has 0 unspecified atom stereocenters. The number of nitrogens with zero attached hydrogens (tertiary/aromatic N) is 2. The highest BCUT2D eigenvalue weighted by molar-refractivity contribution is 7.26. The zero-order chi connectivity index (χ0) is 38.6. The molecule has 274 valence electrons. The third kappa shape index (κ3) is 5.71. The smallest absolute Gasteiger partial charge is 0.0541 e. The van der Waals surface area contributed by atoms with Crippen molar-refractivity contribution in [1.29, 1.82) is 0 Å². The molecule has 58 heavy (non-hydrogen) atoms. The third-order valence-electron chi connectivity index (χ3n) is 11.5. The molecule has 0 radical (unpaired) electrons. The van der Waals surface area contributed by atoms with Gasteiger partial charge in [-0.05, 0) is 107 Å². The van der Waals surface area contributed by atoms with E-state index in [9.17, 15) is 0 Å². The number of rotatable bonds is 7. The topological polar surface area (TPSA) is 8.17 Å². The van der Waals surface area contributed by atoms with Crippen LogP contribution in [0.5, 0.6) is 0 Å². The molecule has 0 fully saturated rings. The lowest BCUT2D eigenvalue weighted by molar-refractivity contribution is 1.18. The van der Waals surface area contributed by atoms with Gasteiger partial charge >= 0.3 is 0 Å². The monoisotopic (exact) mass is 758 g/mol.